The molecular weight excluding hydrogens is 231 g/mol. The summed E-state index contributed by atoms with van der Waals surface area (Å²) in [4.78, 5) is 3.72. The lowest BCUT2D eigenvalue weighted by atomic mass is 10.0. The maximum atomic E-state index is 13.6. The first kappa shape index (κ1) is 12.7. The van der Waals surface area contributed by atoms with E-state index in [1.54, 1.807) is 12.3 Å². The highest BCUT2D eigenvalue weighted by atomic mass is 19.1. The van der Waals surface area contributed by atoms with Crippen molar-refractivity contribution < 1.29 is 4.39 Å². The highest BCUT2D eigenvalue weighted by molar-refractivity contribution is 5.20. The molecule has 96 valence electrons. The van der Waals surface area contributed by atoms with E-state index in [0.29, 0.717) is 12.0 Å². The molecule has 0 saturated heterocycles. The molecule has 2 rings (SSSR count). The number of aryl methyl sites for hydroxylation is 2. The lowest BCUT2D eigenvalue weighted by Gasteiger charge is -2.13. The Balaban J connectivity index is 2.21. The molecule has 2 aromatic rings. The number of pyridine rings is 1. The molecule has 0 aliphatic carbocycles. The third kappa shape index (κ3) is 2.56. The second kappa shape index (κ2) is 5.27. The molecule has 0 aliphatic heterocycles. The van der Waals surface area contributed by atoms with Crippen molar-refractivity contribution in [1.29, 1.82) is 0 Å². The Morgan fingerprint density at radius 1 is 1.50 bits per heavy atom. The van der Waals surface area contributed by atoms with Gasteiger partial charge in [-0.3, -0.25) is 9.67 Å². The van der Waals surface area contributed by atoms with Gasteiger partial charge in [0.2, 0.25) is 0 Å². The Bertz CT molecular complexity index is 536. The summed E-state index contributed by atoms with van der Waals surface area (Å²) in [6.07, 6.45) is 3.31. The second-order valence-electron chi connectivity index (χ2n) is 4.30. The number of hydrogen-bond donors (Lipinski definition) is 1. The van der Waals surface area contributed by atoms with Gasteiger partial charge in [-0.2, -0.15) is 5.10 Å². The molecule has 0 fully saturated rings. The summed E-state index contributed by atoms with van der Waals surface area (Å²) in [6.45, 7) is 4.75. The van der Waals surface area contributed by atoms with Crippen molar-refractivity contribution in [3.8, 4) is 0 Å². The quantitative estimate of drug-likeness (QED) is 0.900. The normalized spacial score (nSPS) is 12.7. The molecule has 1 atom stereocenters. The van der Waals surface area contributed by atoms with Crippen LogP contribution < -0.4 is 5.73 Å². The van der Waals surface area contributed by atoms with Gasteiger partial charge < -0.3 is 5.73 Å². The summed E-state index contributed by atoms with van der Waals surface area (Å²) in [7, 11) is 0. The summed E-state index contributed by atoms with van der Waals surface area (Å²) < 4.78 is 15.5. The van der Waals surface area contributed by atoms with Gasteiger partial charge in [0.05, 0.1) is 11.9 Å². The average molecular weight is 248 g/mol. The molecule has 0 spiro atoms. The van der Waals surface area contributed by atoms with Crippen LogP contribution in [0.5, 0.6) is 0 Å². The van der Waals surface area contributed by atoms with Gasteiger partial charge in [-0.25, -0.2) is 4.39 Å². The zero-order valence-electron chi connectivity index (χ0n) is 10.6. The van der Waals surface area contributed by atoms with E-state index in [2.05, 4.69) is 10.1 Å². The van der Waals surface area contributed by atoms with E-state index in [1.807, 2.05) is 24.6 Å². The Morgan fingerprint density at radius 2 is 2.28 bits per heavy atom. The van der Waals surface area contributed by atoms with Crippen LogP contribution in [-0.2, 0) is 13.0 Å². The number of nitrogens with two attached hydrogens (primary N) is 1. The zero-order chi connectivity index (χ0) is 13.1. The Kier molecular flexibility index (Phi) is 3.72. The van der Waals surface area contributed by atoms with Gasteiger partial charge in [0, 0.05) is 36.5 Å². The fourth-order valence-electron chi connectivity index (χ4n) is 2.06. The fourth-order valence-corrected chi connectivity index (χ4v) is 2.06. The van der Waals surface area contributed by atoms with E-state index in [4.69, 9.17) is 5.73 Å². The van der Waals surface area contributed by atoms with E-state index in [1.165, 1.54) is 6.20 Å². The Hall–Kier alpha value is -1.75. The minimum atomic E-state index is -0.380. The topological polar surface area (TPSA) is 56.7 Å². The number of aromatic nitrogens is 3. The number of nitrogens with zero attached hydrogens (tertiary/aromatic N) is 3. The second-order valence-corrected chi connectivity index (χ2v) is 4.30. The monoisotopic (exact) mass is 248 g/mol. The first-order chi connectivity index (χ1) is 8.61. The van der Waals surface area contributed by atoms with Crippen LogP contribution >= 0.6 is 0 Å². The van der Waals surface area contributed by atoms with Gasteiger partial charge >= 0.3 is 0 Å². The maximum absolute atomic E-state index is 13.6. The summed E-state index contributed by atoms with van der Waals surface area (Å²) in [5.74, 6) is -0.357. The molecule has 2 heterocycles. The first-order valence-corrected chi connectivity index (χ1v) is 6.00. The van der Waals surface area contributed by atoms with Gasteiger partial charge in [0.1, 0.15) is 5.82 Å². The van der Waals surface area contributed by atoms with Crippen LogP contribution in [0.4, 0.5) is 4.39 Å². The van der Waals surface area contributed by atoms with E-state index < -0.39 is 0 Å². The van der Waals surface area contributed by atoms with E-state index in [9.17, 15) is 4.39 Å². The van der Waals surface area contributed by atoms with Crippen molar-refractivity contribution in [1.82, 2.24) is 14.8 Å². The van der Waals surface area contributed by atoms with Crippen molar-refractivity contribution in [3.63, 3.8) is 0 Å². The molecule has 18 heavy (non-hydrogen) atoms. The van der Waals surface area contributed by atoms with Gasteiger partial charge in [-0.1, -0.05) is 0 Å². The lowest BCUT2D eigenvalue weighted by Crippen LogP contribution is -2.17. The SMILES string of the molecule is CCn1nc(C)cc1CC(N)c1ccncc1F. The molecular formula is C13H17FN4. The van der Waals surface area contributed by atoms with Gasteiger partial charge in [-0.15, -0.1) is 0 Å². The third-order valence-electron chi connectivity index (χ3n) is 2.92. The molecule has 0 aromatic carbocycles. The molecule has 0 aliphatic rings. The van der Waals surface area contributed by atoms with Crippen molar-refractivity contribution in [3.05, 3.63) is 47.3 Å². The summed E-state index contributed by atoms with van der Waals surface area (Å²) >= 11 is 0. The zero-order valence-corrected chi connectivity index (χ0v) is 10.6. The van der Waals surface area contributed by atoms with Gasteiger partial charge in [0.15, 0.2) is 0 Å². The van der Waals surface area contributed by atoms with E-state index in [-0.39, 0.29) is 11.9 Å². The van der Waals surface area contributed by atoms with Crippen LogP contribution in [0.1, 0.15) is 29.9 Å². The minimum Gasteiger partial charge on any atom is -0.324 e. The standard InChI is InChI=1S/C13H17FN4/c1-3-18-10(6-9(2)17-18)7-13(15)11-4-5-16-8-12(11)14/h4-6,8,13H,3,7,15H2,1-2H3. The van der Waals surface area contributed by atoms with Crippen LogP contribution in [-0.4, -0.2) is 14.8 Å². The number of halogens is 1. The molecule has 5 heteroatoms. The van der Waals surface area contributed by atoms with Crippen LogP contribution in [0.25, 0.3) is 0 Å². The molecule has 0 bridgehead atoms. The van der Waals surface area contributed by atoms with Crippen molar-refractivity contribution in [2.24, 2.45) is 5.73 Å². The molecule has 0 amide bonds. The predicted molar refractivity (Wildman–Crippen MR) is 67.5 cm³/mol. The summed E-state index contributed by atoms with van der Waals surface area (Å²) in [5, 5.41) is 4.35. The van der Waals surface area contributed by atoms with Crippen LogP contribution in [0.2, 0.25) is 0 Å². The Labute approximate surface area is 106 Å². The first-order valence-electron chi connectivity index (χ1n) is 6.00. The highest BCUT2D eigenvalue weighted by Gasteiger charge is 2.14. The third-order valence-corrected chi connectivity index (χ3v) is 2.92. The molecule has 2 aromatic heterocycles. The maximum Gasteiger partial charge on any atom is 0.146 e. The number of rotatable bonds is 4. The van der Waals surface area contributed by atoms with Crippen LogP contribution in [0.3, 0.4) is 0 Å². The Morgan fingerprint density at radius 3 is 2.94 bits per heavy atom. The van der Waals surface area contributed by atoms with Gasteiger partial charge in [0.25, 0.3) is 0 Å². The molecule has 1 unspecified atom stereocenters. The predicted octanol–water partition coefficient (Wildman–Crippen LogP) is 1.99. The fraction of sp³-hybridized carbons (Fsp3) is 0.385. The van der Waals surface area contributed by atoms with Crippen molar-refractivity contribution >= 4 is 0 Å². The summed E-state index contributed by atoms with van der Waals surface area (Å²) in [6, 6.07) is 3.23. The minimum absolute atomic E-state index is 0.357. The average Bonchev–Trinajstić information content (AvgIpc) is 2.70. The molecule has 2 N–H and O–H groups in total. The highest BCUT2D eigenvalue weighted by Crippen LogP contribution is 2.18. The van der Waals surface area contributed by atoms with E-state index >= 15 is 0 Å². The lowest BCUT2D eigenvalue weighted by molar-refractivity contribution is 0.552. The molecule has 4 nitrogen and oxygen atoms in total. The largest absolute Gasteiger partial charge is 0.324 e. The van der Waals surface area contributed by atoms with Crippen molar-refractivity contribution in [2.75, 3.05) is 0 Å². The van der Waals surface area contributed by atoms with Crippen LogP contribution in [0, 0.1) is 12.7 Å². The molecule has 0 saturated carbocycles. The van der Waals surface area contributed by atoms with E-state index in [0.717, 1.165) is 17.9 Å². The van der Waals surface area contributed by atoms with Gasteiger partial charge in [-0.05, 0) is 26.0 Å². The molecule has 0 radical (unpaired) electrons. The van der Waals surface area contributed by atoms with Crippen molar-refractivity contribution in [2.45, 2.75) is 32.9 Å². The van der Waals surface area contributed by atoms with Crippen LogP contribution in [0.15, 0.2) is 24.5 Å². The smallest absolute Gasteiger partial charge is 0.146 e. The number of hydrogen-bond acceptors (Lipinski definition) is 3. The summed E-state index contributed by atoms with van der Waals surface area (Å²) in [5.41, 5.74) is 8.52.